The van der Waals surface area contributed by atoms with Crippen LogP contribution in [-0.4, -0.2) is 46.1 Å². The van der Waals surface area contributed by atoms with Gasteiger partial charge in [-0.2, -0.15) is 4.98 Å². The summed E-state index contributed by atoms with van der Waals surface area (Å²) >= 11 is 0. The molecule has 0 aliphatic carbocycles. The van der Waals surface area contributed by atoms with Crippen LogP contribution in [0.5, 0.6) is 0 Å². The van der Waals surface area contributed by atoms with Crippen molar-refractivity contribution < 1.29 is 9.32 Å². The molecule has 6 heteroatoms. The zero-order chi connectivity index (χ0) is 21.7. The Morgan fingerprint density at radius 2 is 2.03 bits per heavy atom. The number of nitrogens with one attached hydrogen (secondary N) is 1. The topological polar surface area (TPSA) is 71.3 Å². The molecular formula is C24H36N4O2. The van der Waals surface area contributed by atoms with E-state index in [0.29, 0.717) is 37.0 Å². The van der Waals surface area contributed by atoms with Gasteiger partial charge in [0.05, 0.1) is 0 Å². The van der Waals surface area contributed by atoms with E-state index in [0.717, 1.165) is 24.6 Å². The normalized spacial score (nSPS) is 18.0. The van der Waals surface area contributed by atoms with Crippen molar-refractivity contribution >= 4 is 5.91 Å². The Kier molecular flexibility index (Phi) is 7.29. The number of carbonyl (C=O) groups is 1. The van der Waals surface area contributed by atoms with Crippen molar-refractivity contribution in [2.24, 2.45) is 5.92 Å². The number of amides is 1. The molecule has 164 valence electrons. The molecular weight excluding hydrogens is 376 g/mol. The Labute approximate surface area is 180 Å². The molecule has 0 bridgehead atoms. The number of hydrogen-bond acceptors (Lipinski definition) is 5. The van der Waals surface area contributed by atoms with Crippen LogP contribution in [0, 0.1) is 5.92 Å². The number of aryl methyl sites for hydroxylation is 1. The highest BCUT2D eigenvalue weighted by atomic mass is 16.5. The third kappa shape index (κ3) is 5.91. The zero-order valence-corrected chi connectivity index (χ0v) is 19.1. The SMILES string of the molecule is CC1CCCN(C(C)(C)CNC(=O)CCc2nc(-c3ccc(C(C)C)cc3)no2)C1. The molecule has 1 saturated heterocycles. The second-order valence-electron chi connectivity index (χ2n) is 9.57. The Morgan fingerprint density at radius 3 is 2.70 bits per heavy atom. The number of nitrogens with zero attached hydrogens (tertiary/aromatic N) is 3. The van der Waals surface area contributed by atoms with Gasteiger partial charge in [0.25, 0.3) is 0 Å². The van der Waals surface area contributed by atoms with Gasteiger partial charge >= 0.3 is 0 Å². The van der Waals surface area contributed by atoms with Gasteiger partial charge in [-0.15, -0.1) is 0 Å². The Morgan fingerprint density at radius 1 is 1.30 bits per heavy atom. The molecule has 1 amide bonds. The highest BCUT2D eigenvalue weighted by Gasteiger charge is 2.30. The standard InChI is InChI=1S/C24H36N4O2/c1-17(2)19-8-10-20(11-9-19)23-26-22(30-27-23)13-12-21(29)25-16-24(4,5)28-14-6-7-18(3)15-28/h8-11,17-18H,6-7,12-16H2,1-5H3,(H,25,29). The van der Waals surface area contributed by atoms with Gasteiger partial charge in [0, 0.05) is 37.0 Å². The Balaban J connectivity index is 1.47. The van der Waals surface area contributed by atoms with Crippen molar-refractivity contribution in [3.05, 3.63) is 35.7 Å². The van der Waals surface area contributed by atoms with E-state index in [2.05, 4.69) is 67.1 Å². The molecule has 1 aromatic heterocycles. The van der Waals surface area contributed by atoms with E-state index in [-0.39, 0.29) is 11.4 Å². The van der Waals surface area contributed by atoms with Crippen LogP contribution >= 0.6 is 0 Å². The number of piperidine rings is 1. The molecule has 6 nitrogen and oxygen atoms in total. The van der Waals surface area contributed by atoms with Crippen molar-refractivity contribution in [2.45, 2.75) is 71.8 Å². The average Bonchev–Trinajstić information content (AvgIpc) is 3.20. The summed E-state index contributed by atoms with van der Waals surface area (Å²) in [5.74, 6) is 2.30. The minimum absolute atomic E-state index is 0.0224. The van der Waals surface area contributed by atoms with E-state index in [1.165, 1.54) is 18.4 Å². The van der Waals surface area contributed by atoms with Crippen LogP contribution in [0.15, 0.2) is 28.8 Å². The lowest BCUT2D eigenvalue weighted by atomic mass is 9.93. The van der Waals surface area contributed by atoms with E-state index in [1.807, 2.05) is 12.1 Å². The van der Waals surface area contributed by atoms with E-state index in [9.17, 15) is 4.79 Å². The molecule has 3 rings (SSSR count). The van der Waals surface area contributed by atoms with Crippen LogP contribution in [-0.2, 0) is 11.2 Å². The molecule has 1 fully saturated rings. The smallest absolute Gasteiger partial charge is 0.227 e. The number of hydrogen-bond donors (Lipinski definition) is 1. The third-order valence-corrected chi connectivity index (χ3v) is 6.10. The second-order valence-corrected chi connectivity index (χ2v) is 9.57. The van der Waals surface area contributed by atoms with Gasteiger partial charge in [0.1, 0.15) is 0 Å². The first-order valence-electron chi connectivity index (χ1n) is 11.2. The van der Waals surface area contributed by atoms with Crippen LogP contribution in [0.25, 0.3) is 11.4 Å². The lowest BCUT2D eigenvalue weighted by Gasteiger charge is -2.43. The first-order valence-corrected chi connectivity index (χ1v) is 11.2. The van der Waals surface area contributed by atoms with Crippen molar-refractivity contribution in [1.29, 1.82) is 0 Å². The van der Waals surface area contributed by atoms with Gasteiger partial charge in [0.15, 0.2) is 0 Å². The maximum absolute atomic E-state index is 12.4. The number of rotatable bonds is 8. The number of aromatic nitrogens is 2. The lowest BCUT2D eigenvalue weighted by molar-refractivity contribution is -0.121. The van der Waals surface area contributed by atoms with Crippen LogP contribution in [0.4, 0.5) is 0 Å². The summed E-state index contributed by atoms with van der Waals surface area (Å²) in [6.45, 7) is 13.9. The zero-order valence-electron chi connectivity index (χ0n) is 19.1. The predicted molar refractivity (Wildman–Crippen MR) is 119 cm³/mol. The van der Waals surface area contributed by atoms with Gasteiger partial charge in [-0.25, -0.2) is 0 Å². The Bertz CT molecular complexity index is 826. The average molecular weight is 413 g/mol. The summed E-state index contributed by atoms with van der Waals surface area (Å²) in [7, 11) is 0. The maximum atomic E-state index is 12.4. The van der Waals surface area contributed by atoms with Gasteiger partial charge in [0.2, 0.25) is 17.6 Å². The van der Waals surface area contributed by atoms with Gasteiger partial charge in [-0.3, -0.25) is 9.69 Å². The highest BCUT2D eigenvalue weighted by molar-refractivity contribution is 5.76. The summed E-state index contributed by atoms with van der Waals surface area (Å²) < 4.78 is 5.35. The van der Waals surface area contributed by atoms with Crippen LogP contribution in [0.3, 0.4) is 0 Å². The second kappa shape index (κ2) is 9.73. The van der Waals surface area contributed by atoms with Gasteiger partial charge in [-0.05, 0) is 50.6 Å². The number of benzene rings is 1. The monoisotopic (exact) mass is 412 g/mol. The fourth-order valence-corrected chi connectivity index (χ4v) is 3.97. The lowest BCUT2D eigenvalue weighted by Crippen LogP contribution is -2.54. The fraction of sp³-hybridized carbons (Fsp3) is 0.625. The molecule has 1 aliphatic rings. The summed E-state index contributed by atoms with van der Waals surface area (Å²) in [5, 5.41) is 7.16. The molecule has 0 saturated carbocycles. The molecule has 0 radical (unpaired) electrons. The van der Waals surface area contributed by atoms with Crippen LogP contribution in [0.2, 0.25) is 0 Å². The fourth-order valence-electron chi connectivity index (χ4n) is 3.97. The molecule has 1 atom stereocenters. The summed E-state index contributed by atoms with van der Waals surface area (Å²) in [6, 6.07) is 8.21. The minimum Gasteiger partial charge on any atom is -0.354 e. The quantitative estimate of drug-likeness (QED) is 0.695. The largest absolute Gasteiger partial charge is 0.354 e. The van der Waals surface area contributed by atoms with E-state index < -0.39 is 0 Å². The van der Waals surface area contributed by atoms with E-state index >= 15 is 0 Å². The van der Waals surface area contributed by atoms with Crippen molar-refractivity contribution in [3.63, 3.8) is 0 Å². The first-order chi connectivity index (χ1) is 14.2. The van der Waals surface area contributed by atoms with E-state index in [4.69, 9.17) is 4.52 Å². The molecule has 2 aromatic rings. The van der Waals surface area contributed by atoms with E-state index in [1.54, 1.807) is 0 Å². The van der Waals surface area contributed by atoms with Gasteiger partial charge in [-0.1, -0.05) is 50.2 Å². The first kappa shape index (κ1) is 22.5. The highest BCUT2D eigenvalue weighted by Crippen LogP contribution is 2.23. The molecule has 2 heterocycles. The maximum Gasteiger partial charge on any atom is 0.227 e. The molecule has 1 N–H and O–H groups in total. The number of carbonyl (C=O) groups excluding carboxylic acids is 1. The van der Waals surface area contributed by atoms with Crippen molar-refractivity contribution in [3.8, 4) is 11.4 Å². The minimum atomic E-state index is -0.0376. The van der Waals surface area contributed by atoms with Crippen LogP contribution < -0.4 is 5.32 Å². The Hall–Kier alpha value is -2.21. The summed E-state index contributed by atoms with van der Waals surface area (Å²) in [4.78, 5) is 19.3. The molecule has 1 aromatic carbocycles. The summed E-state index contributed by atoms with van der Waals surface area (Å²) in [6.07, 6.45) is 3.33. The molecule has 30 heavy (non-hydrogen) atoms. The molecule has 1 aliphatic heterocycles. The third-order valence-electron chi connectivity index (χ3n) is 6.10. The van der Waals surface area contributed by atoms with Gasteiger partial charge < -0.3 is 9.84 Å². The number of likely N-dealkylation sites (tertiary alicyclic amines) is 1. The molecule has 0 spiro atoms. The van der Waals surface area contributed by atoms with Crippen molar-refractivity contribution in [2.75, 3.05) is 19.6 Å². The van der Waals surface area contributed by atoms with Crippen LogP contribution in [0.1, 0.15) is 71.3 Å². The molecule has 1 unspecified atom stereocenters. The predicted octanol–water partition coefficient (Wildman–Crippen LogP) is 4.42. The summed E-state index contributed by atoms with van der Waals surface area (Å²) in [5.41, 5.74) is 2.17. The van der Waals surface area contributed by atoms with Crippen molar-refractivity contribution in [1.82, 2.24) is 20.4 Å².